The minimum absolute atomic E-state index is 0.397. The Labute approximate surface area is 134 Å². The number of aromatic nitrogens is 4. The second-order valence-corrected chi connectivity index (χ2v) is 7.31. The van der Waals surface area contributed by atoms with Gasteiger partial charge in [0.15, 0.2) is 4.96 Å². The number of imidazole rings is 2. The molecule has 0 unspecified atom stereocenters. The minimum Gasteiger partial charge on any atom is -0.347 e. The van der Waals surface area contributed by atoms with Crippen LogP contribution in [0.2, 0.25) is 0 Å². The van der Waals surface area contributed by atoms with Gasteiger partial charge in [-0.3, -0.25) is 9.30 Å². The lowest BCUT2D eigenvalue weighted by molar-refractivity contribution is 0.132. The first-order valence-electron chi connectivity index (χ1n) is 7.89. The third-order valence-electron chi connectivity index (χ3n) is 4.54. The monoisotopic (exact) mass is 315 g/mol. The third-order valence-corrected chi connectivity index (χ3v) is 5.44. The van der Waals surface area contributed by atoms with Crippen molar-refractivity contribution in [3.8, 4) is 0 Å². The Hall–Kier alpha value is -1.66. The summed E-state index contributed by atoms with van der Waals surface area (Å²) in [5.41, 5.74) is 2.47. The topological polar surface area (TPSA) is 49.2 Å². The molecule has 1 aliphatic heterocycles. The fourth-order valence-electron chi connectivity index (χ4n) is 3.44. The van der Waals surface area contributed by atoms with Crippen molar-refractivity contribution < 1.29 is 0 Å². The average molecular weight is 315 g/mol. The first kappa shape index (κ1) is 14.0. The molecular formula is C16H21N5S. The van der Waals surface area contributed by atoms with E-state index in [0.29, 0.717) is 6.04 Å². The van der Waals surface area contributed by atoms with Crippen molar-refractivity contribution in [1.29, 1.82) is 0 Å². The second kappa shape index (κ2) is 5.52. The van der Waals surface area contributed by atoms with Gasteiger partial charge in [0.05, 0.1) is 17.4 Å². The van der Waals surface area contributed by atoms with Crippen LogP contribution in [-0.4, -0.2) is 30.8 Å². The van der Waals surface area contributed by atoms with Crippen molar-refractivity contribution in [2.24, 2.45) is 0 Å². The molecule has 0 radical (unpaired) electrons. The van der Waals surface area contributed by atoms with Gasteiger partial charge < -0.3 is 4.98 Å². The predicted molar refractivity (Wildman–Crippen MR) is 88.1 cm³/mol. The summed E-state index contributed by atoms with van der Waals surface area (Å²) in [6, 6.07) is 0.397. The number of nitrogens with one attached hydrogen (secondary N) is 1. The normalized spacial score (nSPS) is 20.0. The first-order chi connectivity index (χ1) is 10.7. The third kappa shape index (κ3) is 2.36. The average Bonchev–Trinajstić information content (AvgIpc) is 3.19. The molecule has 0 aliphatic carbocycles. The van der Waals surface area contributed by atoms with Crippen LogP contribution < -0.4 is 0 Å². The van der Waals surface area contributed by atoms with Crippen LogP contribution in [0.15, 0.2) is 18.6 Å². The van der Waals surface area contributed by atoms with Gasteiger partial charge in [0.1, 0.15) is 5.82 Å². The van der Waals surface area contributed by atoms with Crippen molar-refractivity contribution in [3.63, 3.8) is 0 Å². The summed E-state index contributed by atoms with van der Waals surface area (Å²) in [7, 11) is 0. The van der Waals surface area contributed by atoms with E-state index < -0.39 is 0 Å². The summed E-state index contributed by atoms with van der Waals surface area (Å²) in [6.07, 6.45) is 9.71. The van der Waals surface area contributed by atoms with Gasteiger partial charge in [-0.2, -0.15) is 0 Å². The Morgan fingerprint density at radius 2 is 2.27 bits per heavy atom. The number of aromatic amines is 1. The highest BCUT2D eigenvalue weighted by atomic mass is 32.1. The number of aryl methyl sites for hydroxylation is 2. The molecule has 6 heteroatoms. The van der Waals surface area contributed by atoms with Crippen LogP contribution in [0.1, 0.15) is 47.4 Å². The van der Waals surface area contributed by atoms with Crippen LogP contribution in [0.5, 0.6) is 0 Å². The van der Waals surface area contributed by atoms with Crippen LogP contribution in [0.3, 0.4) is 0 Å². The highest BCUT2D eigenvalue weighted by Crippen LogP contribution is 2.31. The first-order valence-corrected chi connectivity index (χ1v) is 8.71. The number of piperidine rings is 1. The van der Waals surface area contributed by atoms with Crippen LogP contribution in [0.4, 0.5) is 0 Å². The van der Waals surface area contributed by atoms with Crippen molar-refractivity contribution in [2.45, 2.75) is 45.7 Å². The van der Waals surface area contributed by atoms with Crippen molar-refractivity contribution >= 4 is 16.3 Å². The Kier molecular flexibility index (Phi) is 3.50. The Balaban J connectivity index is 1.66. The lowest BCUT2D eigenvalue weighted by atomic mass is 10.0. The largest absolute Gasteiger partial charge is 0.347 e. The van der Waals surface area contributed by atoms with E-state index in [9.17, 15) is 0 Å². The van der Waals surface area contributed by atoms with Gasteiger partial charge in [0, 0.05) is 30.0 Å². The van der Waals surface area contributed by atoms with Crippen molar-refractivity contribution in [1.82, 2.24) is 24.3 Å². The molecule has 1 fully saturated rings. The molecule has 4 heterocycles. The zero-order valence-electron chi connectivity index (χ0n) is 13.0. The molecule has 22 heavy (non-hydrogen) atoms. The number of hydrogen-bond acceptors (Lipinski definition) is 4. The number of H-pyrrole nitrogens is 1. The Morgan fingerprint density at radius 3 is 3.09 bits per heavy atom. The number of nitrogens with zero attached hydrogens (tertiary/aromatic N) is 4. The summed E-state index contributed by atoms with van der Waals surface area (Å²) in [5, 5.41) is 0. The summed E-state index contributed by atoms with van der Waals surface area (Å²) >= 11 is 1.76. The van der Waals surface area contributed by atoms with Crippen LogP contribution in [0.25, 0.3) is 4.96 Å². The number of rotatable bonds is 3. The highest BCUT2D eigenvalue weighted by molar-refractivity contribution is 7.17. The standard InChI is InChI=1S/C16H21N5S/c1-11-9-21-14(12(2)19-16(21)22-11)10-20-8-4-3-5-13(20)15-17-6-7-18-15/h6-7,9,13H,3-5,8,10H2,1-2H3,(H,17,18)/t13-/m0/s1. The van der Waals surface area contributed by atoms with E-state index in [-0.39, 0.29) is 0 Å². The van der Waals surface area contributed by atoms with Crippen LogP contribution in [0, 0.1) is 13.8 Å². The van der Waals surface area contributed by atoms with Crippen molar-refractivity contribution in [3.05, 3.63) is 40.7 Å². The van der Waals surface area contributed by atoms with Gasteiger partial charge in [-0.05, 0) is 33.2 Å². The molecule has 0 saturated carbocycles. The molecule has 4 rings (SSSR count). The smallest absolute Gasteiger partial charge is 0.194 e. The number of fused-ring (bicyclic) bond motifs is 1. The fraction of sp³-hybridized carbons (Fsp3) is 0.500. The molecule has 1 aliphatic rings. The van der Waals surface area contributed by atoms with Crippen LogP contribution >= 0.6 is 11.3 Å². The Morgan fingerprint density at radius 1 is 1.36 bits per heavy atom. The summed E-state index contributed by atoms with van der Waals surface area (Å²) in [6.45, 7) is 6.33. The summed E-state index contributed by atoms with van der Waals surface area (Å²) < 4.78 is 2.27. The maximum atomic E-state index is 4.72. The van der Waals surface area contributed by atoms with Gasteiger partial charge in [-0.15, -0.1) is 11.3 Å². The van der Waals surface area contributed by atoms with Gasteiger partial charge in [-0.25, -0.2) is 9.97 Å². The molecule has 0 aromatic carbocycles. The minimum atomic E-state index is 0.397. The van der Waals surface area contributed by atoms with Gasteiger partial charge in [-0.1, -0.05) is 6.42 Å². The SMILES string of the molecule is Cc1cn2c(CN3CCCC[C@H]3c3ncc[nH]3)c(C)nc2s1. The number of hydrogen-bond donors (Lipinski definition) is 1. The van der Waals surface area contributed by atoms with E-state index in [1.807, 2.05) is 12.4 Å². The molecule has 5 nitrogen and oxygen atoms in total. The Bertz CT molecular complexity index is 770. The lowest BCUT2D eigenvalue weighted by Crippen LogP contribution is -2.34. The maximum absolute atomic E-state index is 4.72. The molecule has 3 aromatic heterocycles. The maximum Gasteiger partial charge on any atom is 0.194 e. The van der Waals surface area contributed by atoms with E-state index in [1.54, 1.807) is 11.3 Å². The molecule has 1 N–H and O–H groups in total. The fourth-order valence-corrected chi connectivity index (χ4v) is 4.33. The van der Waals surface area contributed by atoms with E-state index in [0.717, 1.165) is 29.6 Å². The van der Waals surface area contributed by atoms with E-state index in [1.165, 1.54) is 29.8 Å². The summed E-state index contributed by atoms with van der Waals surface area (Å²) in [4.78, 5) is 17.5. The van der Waals surface area contributed by atoms with Crippen LogP contribution in [-0.2, 0) is 6.54 Å². The molecular weight excluding hydrogens is 294 g/mol. The lowest BCUT2D eigenvalue weighted by Gasteiger charge is -2.34. The predicted octanol–water partition coefficient (Wildman–Crippen LogP) is 3.46. The number of likely N-dealkylation sites (tertiary alicyclic amines) is 1. The van der Waals surface area contributed by atoms with Gasteiger partial charge in [0.2, 0.25) is 0 Å². The van der Waals surface area contributed by atoms with E-state index >= 15 is 0 Å². The quantitative estimate of drug-likeness (QED) is 0.805. The van der Waals surface area contributed by atoms with Crippen molar-refractivity contribution in [2.75, 3.05) is 6.54 Å². The van der Waals surface area contributed by atoms with E-state index in [2.05, 4.69) is 39.3 Å². The zero-order chi connectivity index (χ0) is 15.1. The molecule has 1 atom stereocenters. The summed E-state index contributed by atoms with van der Waals surface area (Å²) in [5.74, 6) is 1.10. The van der Waals surface area contributed by atoms with E-state index in [4.69, 9.17) is 4.98 Å². The molecule has 116 valence electrons. The zero-order valence-corrected chi connectivity index (χ0v) is 13.9. The molecule has 0 amide bonds. The second-order valence-electron chi connectivity index (χ2n) is 6.09. The highest BCUT2D eigenvalue weighted by Gasteiger charge is 2.27. The molecule has 0 bridgehead atoms. The molecule has 3 aromatic rings. The molecule has 0 spiro atoms. The molecule has 1 saturated heterocycles. The number of thiazole rings is 1. The van der Waals surface area contributed by atoms with Gasteiger partial charge >= 0.3 is 0 Å². The van der Waals surface area contributed by atoms with Gasteiger partial charge in [0.25, 0.3) is 0 Å².